The number of phenolic OH excluding ortho intramolecular Hbond substituents is 1. The standard InChI is InChI=1S/C8H9ClFNO.ClH/c9-6-3-5(1-2-11)7(10)4-8(6)12;/h3-4,12H,1-2,11H2;1H. The van der Waals surface area contributed by atoms with Gasteiger partial charge in [0.1, 0.15) is 11.6 Å². The van der Waals surface area contributed by atoms with Gasteiger partial charge in [-0.15, -0.1) is 12.4 Å². The third-order valence-electron chi connectivity index (χ3n) is 1.53. The molecule has 0 unspecified atom stereocenters. The van der Waals surface area contributed by atoms with E-state index in [1.807, 2.05) is 0 Å². The van der Waals surface area contributed by atoms with E-state index < -0.39 is 5.82 Å². The number of halogens is 3. The van der Waals surface area contributed by atoms with E-state index in [0.29, 0.717) is 18.5 Å². The summed E-state index contributed by atoms with van der Waals surface area (Å²) in [5.74, 6) is -0.711. The Morgan fingerprint density at radius 3 is 2.62 bits per heavy atom. The fraction of sp³-hybridized carbons (Fsp3) is 0.250. The van der Waals surface area contributed by atoms with E-state index in [9.17, 15) is 4.39 Å². The first-order chi connectivity index (χ1) is 5.65. The molecule has 1 rings (SSSR count). The molecule has 0 aliphatic carbocycles. The molecule has 3 N–H and O–H groups in total. The van der Waals surface area contributed by atoms with Gasteiger partial charge in [-0.1, -0.05) is 11.6 Å². The van der Waals surface area contributed by atoms with Crippen LogP contribution in [0.2, 0.25) is 5.02 Å². The predicted octanol–water partition coefficient (Wildman–Crippen LogP) is 2.11. The lowest BCUT2D eigenvalue weighted by Gasteiger charge is -2.03. The minimum Gasteiger partial charge on any atom is -0.506 e. The Morgan fingerprint density at radius 2 is 2.08 bits per heavy atom. The Morgan fingerprint density at radius 1 is 1.46 bits per heavy atom. The lowest BCUT2D eigenvalue weighted by atomic mass is 10.1. The second kappa shape index (κ2) is 5.27. The summed E-state index contributed by atoms with van der Waals surface area (Å²) in [6.07, 6.45) is 0.422. The summed E-state index contributed by atoms with van der Waals surface area (Å²) in [7, 11) is 0. The van der Waals surface area contributed by atoms with Gasteiger partial charge in [-0.3, -0.25) is 0 Å². The summed E-state index contributed by atoms with van der Waals surface area (Å²) in [4.78, 5) is 0. The summed E-state index contributed by atoms with van der Waals surface area (Å²) in [5.41, 5.74) is 5.68. The monoisotopic (exact) mass is 225 g/mol. The van der Waals surface area contributed by atoms with Crippen LogP contribution in [0.5, 0.6) is 5.75 Å². The number of aromatic hydroxyl groups is 1. The van der Waals surface area contributed by atoms with Gasteiger partial charge in [-0.2, -0.15) is 0 Å². The normalized spacial score (nSPS) is 9.46. The predicted molar refractivity (Wildman–Crippen MR) is 53.1 cm³/mol. The molecule has 0 atom stereocenters. The second-order valence-corrected chi connectivity index (χ2v) is 2.84. The zero-order valence-corrected chi connectivity index (χ0v) is 8.33. The number of rotatable bonds is 2. The van der Waals surface area contributed by atoms with Gasteiger partial charge in [0.2, 0.25) is 0 Å². The summed E-state index contributed by atoms with van der Waals surface area (Å²) in [6, 6.07) is 2.38. The largest absolute Gasteiger partial charge is 0.506 e. The average Bonchev–Trinajstić information content (AvgIpc) is 2.01. The van der Waals surface area contributed by atoms with Crippen LogP contribution in [0.25, 0.3) is 0 Å². The number of nitrogens with two attached hydrogens (primary N) is 1. The zero-order chi connectivity index (χ0) is 9.14. The quantitative estimate of drug-likeness (QED) is 0.811. The van der Waals surface area contributed by atoms with Crippen molar-refractivity contribution in [2.45, 2.75) is 6.42 Å². The molecule has 0 aromatic heterocycles. The Labute approximate surface area is 86.9 Å². The Kier molecular flexibility index (Phi) is 5.06. The summed E-state index contributed by atoms with van der Waals surface area (Å²) in [5, 5.41) is 9.14. The van der Waals surface area contributed by atoms with E-state index >= 15 is 0 Å². The van der Waals surface area contributed by atoms with Gasteiger partial charge in [-0.05, 0) is 24.6 Å². The minimum atomic E-state index is -0.470. The molecule has 13 heavy (non-hydrogen) atoms. The molecule has 0 bridgehead atoms. The van der Waals surface area contributed by atoms with Gasteiger partial charge in [0.15, 0.2) is 0 Å². The molecule has 0 saturated heterocycles. The van der Waals surface area contributed by atoms with E-state index in [4.69, 9.17) is 22.4 Å². The molecule has 74 valence electrons. The number of benzene rings is 1. The van der Waals surface area contributed by atoms with Crippen LogP contribution in [-0.4, -0.2) is 11.7 Å². The Balaban J connectivity index is 0.00000144. The molecule has 0 fully saturated rings. The molecule has 5 heteroatoms. The first kappa shape index (κ1) is 12.5. The highest BCUT2D eigenvalue weighted by Crippen LogP contribution is 2.26. The van der Waals surface area contributed by atoms with E-state index in [-0.39, 0.29) is 23.2 Å². The van der Waals surface area contributed by atoms with Crippen LogP contribution in [0, 0.1) is 5.82 Å². The fourth-order valence-electron chi connectivity index (χ4n) is 0.925. The molecule has 0 radical (unpaired) electrons. The number of hydrogen-bond donors (Lipinski definition) is 2. The van der Waals surface area contributed by atoms with Crippen molar-refractivity contribution in [1.82, 2.24) is 0 Å². The van der Waals surface area contributed by atoms with Crippen LogP contribution < -0.4 is 5.73 Å². The third kappa shape index (κ3) is 3.03. The SMILES string of the molecule is Cl.NCCc1cc(Cl)c(O)cc1F. The van der Waals surface area contributed by atoms with Crippen molar-refractivity contribution in [2.75, 3.05) is 6.54 Å². The molecule has 1 aromatic carbocycles. The summed E-state index contributed by atoms with van der Waals surface area (Å²) >= 11 is 5.56. The van der Waals surface area contributed by atoms with Crippen molar-refractivity contribution in [3.05, 3.63) is 28.5 Å². The van der Waals surface area contributed by atoms with E-state index in [1.165, 1.54) is 6.07 Å². The molecule has 0 aliphatic rings. The molecular formula is C8H10Cl2FNO. The molecule has 1 aromatic rings. The van der Waals surface area contributed by atoms with Crippen molar-refractivity contribution in [2.24, 2.45) is 5.73 Å². The highest BCUT2D eigenvalue weighted by molar-refractivity contribution is 6.32. The van der Waals surface area contributed by atoms with Crippen molar-refractivity contribution < 1.29 is 9.50 Å². The van der Waals surface area contributed by atoms with Crippen molar-refractivity contribution in [3.8, 4) is 5.75 Å². The van der Waals surface area contributed by atoms with Crippen molar-refractivity contribution in [1.29, 1.82) is 0 Å². The average molecular weight is 226 g/mol. The molecule has 0 aliphatic heterocycles. The molecule has 0 heterocycles. The Hall–Kier alpha value is -0.510. The van der Waals surface area contributed by atoms with Crippen LogP contribution in [0.1, 0.15) is 5.56 Å². The number of hydrogen-bond acceptors (Lipinski definition) is 2. The third-order valence-corrected chi connectivity index (χ3v) is 1.83. The first-order valence-electron chi connectivity index (χ1n) is 3.52. The maximum absolute atomic E-state index is 12.9. The van der Waals surface area contributed by atoms with E-state index in [0.717, 1.165) is 6.07 Å². The topological polar surface area (TPSA) is 46.2 Å². The molecular weight excluding hydrogens is 216 g/mol. The fourth-order valence-corrected chi connectivity index (χ4v) is 1.11. The lowest BCUT2D eigenvalue weighted by Crippen LogP contribution is -2.04. The zero-order valence-electron chi connectivity index (χ0n) is 6.76. The molecule has 2 nitrogen and oxygen atoms in total. The minimum absolute atomic E-state index is 0. The summed E-state index contributed by atoms with van der Waals surface area (Å²) in [6.45, 7) is 0.359. The van der Waals surface area contributed by atoms with Gasteiger partial charge < -0.3 is 10.8 Å². The van der Waals surface area contributed by atoms with Crippen LogP contribution >= 0.6 is 24.0 Å². The summed E-state index contributed by atoms with van der Waals surface area (Å²) < 4.78 is 12.9. The molecule has 0 spiro atoms. The maximum atomic E-state index is 12.9. The van der Waals surface area contributed by atoms with Gasteiger partial charge in [-0.25, -0.2) is 4.39 Å². The van der Waals surface area contributed by atoms with Crippen LogP contribution in [0.4, 0.5) is 4.39 Å². The molecule has 0 saturated carbocycles. The van der Waals surface area contributed by atoms with Crippen molar-refractivity contribution >= 4 is 24.0 Å². The van der Waals surface area contributed by atoms with E-state index in [1.54, 1.807) is 0 Å². The highest BCUT2D eigenvalue weighted by atomic mass is 35.5. The van der Waals surface area contributed by atoms with E-state index in [2.05, 4.69) is 0 Å². The maximum Gasteiger partial charge on any atom is 0.137 e. The van der Waals surface area contributed by atoms with Gasteiger partial charge >= 0.3 is 0 Å². The smallest absolute Gasteiger partial charge is 0.137 e. The van der Waals surface area contributed by atoms with Gasteiger partial charge in [0.25, 0.3) is 0 Å². The molecule has 0 amide bonds. The van der Waals surface area contributed by atoms with Crippen molar-refractivity contribution in [3.63, 3.8) is 0 Å². The van der Waals surface area contributed by atoms with Crippen LogP contribution in [0.15, 0.2) is 12.1 Å². The Bertz CT molecular complexity index is 294. The number of phenols is 1. The first-order valence-corrected chi connectivity index (χ1v) is 3.90. The van der Waals surface area contributed by atoms with Gasteiger partial charge in [0.05, 0.1) is 5.02 Å². The van der Waals surface area contributed by atoms with Crippen LogP contribution in [-0.2, 0) is 6.42 Å². The second-order valence-electron chi connectivity index (χ2n) is 2.43. The van der Waals surface area contributed by atoms with Crippen LogP contribution in [0.3, 0.4) is 0 Å². The lowest BCUT2D eigenvalue weighted by molar-refractivity contribution is 0.468. The van der Waals surface area contributed by atoms with Gasteiger partial charge in [0, 0.05) is 6.07 Å². The highest BCUT2D eigenvalue weighted by Gasteiger charge is 2.06.